The maximum Gasteiger partial charge on any atom is 0.301 e. The van der Waals surface area contributed by atoms with Crippen molar-refractivity contribution in [2.45, 2.75) is 9.48 Å². The van der Waals surface area contributed by atoms with Gasteiger partial charge in [0.25, 0.3) is 10.0 Å². The molecule has 1 aromatic heterocycles. The van der Waals surface area contributed by atoms with E-state index in [-0.39, 0.29) is 16.3 Å². The lowest BCUT2D eigenvalue weighted by Crippen LogP contribution is -2.25. The first-order valence-electron chi connectivity index (χ1n) is 7.18. The monoisotopic (exact) mass is 433 g/mol. The summed E-state index contributed by atoms with van der Waals surface area (Å²) in [7, 11) is -3.97. The number of aromatic nitrogens is 2. The SMILES string of the molecule is O=S(=O)(Nn1nc(C(F)(Cl)Cl)cc1-c1ccc(Cl)cc1)c1ccccc1. The van der Waals surface area contributed by atoms with Gasteiger partial charge < -0.3 is 0 Å². The maximum atomic E-state index is 13.9. The Bertz CT molecular complexity index is 1020. The molecule has 136 valence electrons. The summed E-state index contributed by atoms with van der Waals surface area (Å²) in [6.45, 7) is 0. The summed E-state index contributed by atoms with van der Waals surface area (Å²) in [4.78, 5) is 3.19. The number of hydrogen-bond acceptors (Lipinski definition) is 3. The van der Waals surface area contributed by atoms with E-state index >= 15 is 0 Å². The average molecular weight is 435 g/mol. The summed E-state index contributed by atoms with van der Waals surface area (Å²) < 4.78 is 36.2. The van der Waals surface area contributed by atoms with E-state index in [0.717, 1.165) is 4.79 Å². The molecule has 0 unspecified atom stereocenters. The first-order valence-corrected chi connectivity index (χ1v) is 9.79. The third-order valence-corrected chi connectivity index (χ3v) is 5.35. The van der Waals surface area contributed by atoms with Crippen LogP contribution in [0.5, 0.6) is 0 Å². The molecule has 26 heavy (non-hydrogen) atoms. The van der Waals surface area contributed by atoms with Crippen LogP contribution in [-0.2, 0) is 14.6 Å². The van der Waals surface area contributed by atoms with Crippen molar-refractivity contribution in [3.05, 3.63) is 71.4 Å². The van der Waals surface area contributed by atoms with Gasteiger partial charge in [-0.05, 0) is 30.3 Å². The third-order valence-electron chi connectivity index (χ3n) is 3.40. The van der Waals surface area contributed by atoms with Crippen molar-refractivity contribution in [2.24, 2.45) is 0 Å². The maximum absolute atomic E-state index is 13.9. The molecule has 1 heterocycles. The molecule has 0 amide bonds. The summed E-state index contributed by atoms with van der Waals surface area (Å²) in [5, 5.41) is 4.33. The topological polar surface area (TPSA) is 64.0 Å². The summed E-state index contributed by atoms with van der Waals surface area (Å²) in [5.41, 5.74) is 0.405. The molecular formula is C16H11Cl3FN3O2S. The van der Waals surface area contributed by atoms with E-state index in [9.17, 15) is 12.8 Å². The lowest BCUT2D eigenvalue weighted by atomic mass is 10.1. The molecule has 0 aliphatic carbocycles. The van der Waals surface area contributed by atoms with E-state index in [1.165, 1.54) is 18.2 Å². The molecule has 1 N–H and O–H groups in total. The Morgan fingerprint density at radius 3 is 2.23 bits per heavy atom. The minimum absolute atomic E-state index is 0.0161. The molecule has 0 saturated carbocycles. The molecule has 0 radical (unpaired) electrons. The highest BCUT2D eigenvalue weighted by atomic mass is 35.5. The summed E-state index contributed by atoms with van der Waals surface area (Å²) in [6, 6.07) is 15.4. The molecule has 0 saturated heterocycles. The zero-order chi connectivity index (χ0) is 18.9. The predicted molar refractivity (Wildman–Crippen MR) is 100 cm³/mol. The minimum Gasteiger partial charge on any atom is -0.201 e. The zero-order valence-corrected chi connectivity index (χ0v) is 16.0. The lowest BCUT2D eigenvalue weighted by Gasteiger charge is -2.11. The molecule has 3 rings (SSSR count). The van der Waals surface area contributed by atoms with E-state index < -0.39 is 14.6 Å². The van der Waals surface area contributed by atoms with Gasteiger partial charge in [-0.3, -0.25) is 0 Å². The fraction of sp³-hybridized carbons (Fsp3) is 0.0625. The van der Waals surface area contributed by atoms with Crippen LogP contribution < -0.4 is 4.83 Å². The van der Waals surface area contributed by atoms with Gasteiger partial charge in [-0.25, -0.2) is 4.39 Å². The Morgan fingerprint density at radius 2 is 1.65 bits per heavy atom. The Balaban J connectivity index is 2.08. The second kappa shape index (κ2) is 7.08. The van der Waals surface area contributed by atoms with E-state index in [4.69, 9.17) is 34.8 Å². The molecule has 0 bridgehead atoms. The van der Waals surface area contributed by atoms with Crippen molar-refractivity contribution in [3.63, 3.8) is 0 Å². The Kier molecular flexibility index (Phi) is 5.16. The smallest absolute Gasteiger partial charge is 0.201 e. The molecule has 5 nitrogen and oxygen atoms in total. The number of halogens is 4. The van der Waals surface area contributed by atoms with Crippen molar-refractivity contribution >= 4 is 44.8 Å². The highest BCUT2D eigenvalue weighted by Gasteiger charge is 2.31. The second-order valence-electron chi connectivity index (χ2n) is 5.24. The van der Waals surface area contributed by atoms with Crippen LogP contribution in [0.4, 0.5) is 4.39 Å². The second-order valence-corrected chi connectivity index (χ2v) is 8.57. The van der Waals surface area contributed by atoms with Crippen LogP contribution in [0.3, 0.4) is 0 Å². The van der Waals surface area contributed by atoms with Gasteiger partial charge in [0.05, 0.1) is 10.6 Å². The highest BCUT2D eigenvalue weighted by Crippen LogP contribution is 2.36. The first-order chi connectivity index (χ1) is 12.2. The molecule has 0 aliphatic heterocycles. The van der Waals surface area contributed by atoms with Gasteiger partial charge in [-0.15, -0.1) is 0 Å². The Morgan fingerprint density at radius 1 is 1.04 bits per heavy atom. The van der Waals surface area contributed by atoms with E-state index in [0.29, 0.717) is 10.6 Å². The van der Waals surface area contributed by atoms with Crippen LogP contribution in [0.15, 0.2) is 65.6 Å². The van der Waals surface area contributed by atoms with Gasteiger partial charge in [0.2, 0.25) is 0 Å². The van der Waals surface area contributed by atoms with Crippen LogP contribution in [0, 0.1) is 0 Å². The van der Waals surface area contributed by atoms with Crippen LogP contribution >= 0.6 is 34.8 Å². The van der Waals surface area contributed by atoms with Crippen molar-refractivity contribution in [1.82, 2.24) is 9.89 Å². The first kappa shape index (κ1) is 19.0. The summed E-state index contributed by atoms with van der Waals surface area (Å²) in [6.07, 6.45) is 0. The summed E-state index contributed by atoms with van der Waals surface area (Å²) >= 11 is 16.8. The van der Waals surface area contributed by atoms with Crippen molar-refractivity contribution in [3.8, 4) is 11.3 Å². The number of alkyl halides is 3. The Hall–Kier alpha value is -1.80. The van der Waals surface area contributed by atoms with Gasteiger partial charge in [-0.1, -0.05) is 65.1 Å². The van der Waals surface area contributed by atoms with E-state index in [2.05, 4.69) is 9.93 Å². The van der Waals surface area contributed by atoms with Gasteiger partial charge >= 0.3 is 4.59 Å². The fourth-order valence-corrected chi connectivity index (χ4v) is 3.48. The van der Waals surface area contributed by atoms with Crippen molar-refractivity contribution < 1.29 is 12.8 Å². The molecular weight excluding hydrogens is 424 g/mol. The van der Waals surface area contributed by atoms with Gasteiger partial charge in [0.15, 0.2) is 0 Å². The van der Waals surface area contributed by atoms with Gasteiger partial charge in [0, 0.05) is 10.6 Å². The molecule has 3 aromatic rings. The van der Waals surface area contributed by atoms with Crippen LogP contribution in [-0.4, -0.2) is 18.3 Å². The van der Waals surface area contributed by atoms with Crippen LogP contribution in [0.25, 0.3) is 11.3 Å². The molecule has 0 fully saturated rings. The van der Waals surface area contributed by atoms with E-state index in [1.54, 1.807) is 42.5 Å². The Labute approximate surface area is 164 Å². The number of rotatable bonds is 5. The summed E-state index contributed by atoms with van der Waals surface area (Å²) in [5.74, 6) is 0. The van der Waals surface area contributed by atoms with Crippen LogP contribution in [0.1, 0.15) is 5.69 Å². The largest absolute Gasteiger partial charge is 0.301 e. The predicted octanol–water partition coefficient (Wildman–Crippen LogP) is 4.69. The van der Waals surface area contributed by atoms with Crippen molar-refractivity contribution in [2.75, 3.05) is 4.83 Å². The fourth-order valence-electron chi connectivity index (χ4n) is 2.18. The number of nitrogens with zero attached hydrogens (tertiary/aromatic N) is 2. The van der Waals surface area contributed by atoms with Gasteiger partial charge in [0.1, 0.15) is 5.69 Å². The minimum atomic E-state index is -3.97. The zero-order valence-electron chi connectivity index (χ0n) is 12.9. The molecule has 0 aliphatic rings. The normalized spacial score (nSPS) is 12.2. The number of hydrogen-bond donors (Lipinski definition) is 1. The van der Waals surface area contributed by atoms with E-state index in [1.807, 2.05) is 0 Å². The molecule has 2 aromatic carbocycles. The van der Waals surface area contributed by atoms with Crippen molar-refractivity contribution in [1.29, 1.82) is 0 Å². The standard InChI is InChI=1S/C16H11Cl3FN3O2S/c17-12-8-6-11(7-9-12)14-10-15(16(18,19)20)21-23(14)22-26(24,25)13-4-2-1-3-5-13/h1-10,22H. The molecule has 0 atom stereocenters. The molecule has 0 spiro atoms. The third kappa shape index (κ3) is 4.12. The van der Waals surface area contributed by atoms with Crippen LogP contribution in [0.2, 0.25) is 5.02 Å². The number of nitrogens with one attached hydrogen (secondary N) is 1. The lowest BCUT2D eigenvalue weighted by molar-refractivity contribution is 0.393. The van der Waals surface area contributed by atoms with Gasteiger partial charge in [-0.2, -0.15) is 23.1 Å². The number of benzene rings is 2. The molecule has 10 heteroatoms. The number of sulfonamides is 1. The quantitative estimate of drug-likeness (QED) is 0.592. The average Bonchev–Trinajstić information content (AvgIpc) is 3.00. The highest BCUT2D eigenvalue weighted by molar-refractivity contribution is 7.92.